The molecule has 0 heterocycles. The molecule has 2 N–H and O–H groups in total. The molecule has 1 aliphatic rings. The van der Waals surface area contributed by atoms with Crippen LogP contribution in [0.25, 0.3) is 0 Å². The highest BCUT2D eigenvalue weighted by molar-refractivity contribution is 14.0. The molecule has 2 rings (SSSR count). The Balaban J connectivity index is 0.00000312. The lowest BCUT2D eigenvalue weighted by molar-refractivity contribution is 0.133. The maximum Gasteiger partial charge on any atom is 0.191 e. The van der Waals surface area contributed by atoms with Gasteiger partial charge in [-0.05, 0) is 50.2 Å². The van der Waals surface area contributed by atoms with Gasteiger partial charge in [-0.2, -0.15) is 0 Å². The number of hydrogen-bond donors (Lipinski definition) is 2. The van der Waals surface area contributed by atoms with Crippen LogP contribution in [0.3, 0.4) is 0 Å². The lowest BCUT2D eigenvalue weighted by atomic mass is 9.97. The molecule has 0 saturated carbocycles. The number of benzene rings is 1. The van der Waals surface area contributed by atoms with Crippen molar-refractivity contribution in [2.45, 2.75) is 52.2 Å². The van der Waals surface area contributed by atoms with Crippen LogP contribution in [0.4, 0.5) is 0 Å². The minimum Gasteiger partial charge on any atom is -0.377 e. The van der Waals surface area contributed by atoms with Crippen LogP contribution in [-0.2, 0) is 17.9 Å². The summed E-state index contributed by atoms with van der Waals surface area (Å²) in [6.07, 6.45) is 8.72. The lowest BCUT2D eigenvalue weighted by Crippen LogP contribution is -2.37. The molecule has 5 heteroatoms. The summed E-state index contributed by atoms with van der Waals surface area (Å²) in [6.45, 7) is 5.11. The van der Waals surface area contributed by atoms with E-state index in [9.17, 15) is 0 Å². The number of ether oxygens (including phenoxy) is 1. The summed E-state index contributed by atoms with van der Waals surface area (Å²) in [5, 5.41) is 6.82. The van der Waals surface area contributed by atoms with Crippen molar-refractivity contribution in [3.05, 3.63) is 47.0 Å². The predicted molar refractivity (Wildman–Crippen MR) is 117 cm³/mol. The van der Waals surface area contributed by atoms with E-state index in [1.54, 1.807) is 5.57 Å². The zero-order valence-corrected chi connectivity index (χ0v) is 17.8. The Hall–Kier alpha value is -1.08. The van der Waals surface area contributed by atoms with E-state index in [0.717, 1.165) is 32.1 Å². The van der Waals surface area contributed by atoms with Gasteiger partial charge in [0.1, 0.15) is 0 Å². The highest BCUT2D eigenvalue weighted by Crippen LogP contribution is 2.19. The van der Waals surface area contributed by atoms with Crippen LogP contribution >= 0.6 is 24.0 Å². The summed E-state index contributed by atoms with van der Waals surface area (Å²) in [7, 11) is 1.82. The molecule has 4 nitrogen and oxygen atoms in total. The molecule has 0 bridgehead atoms. The molecule has 1 aromatic rings. The Morgan fingerprint density at radius 3 is 2.64 bits per heavy atom. The van der Waals surface area contributed by atoms with Crippen molar-refractivity contribution in [3.8, 4) is 0 Å². The normalized spacial score (nSPS) is 14.5. The molecule has 0 radical (unpaired) electrons. The molecule has 0 amide bonds. The average Bonchev–Trinajstić information content (AvgIpc) is 2.64. The Labute approximate surface area is 169 Å². The van der Waals surface area contributed by atoms with Crippen molar-refractivity contribution in [2.75, 3.05) is 20.2 Å². The molecule has 0 unspecified atom stereocenters. The maximum absolute atomic E-state index is 5.55. The first-order valence-corrected chi connectivity index (χ1v) is 9.10. The van der Waals surface area contributed by atoms with Crippen LogP contribution < -0.4 is 10.6 Å². The zero-order valence-electron chi connectivity index (χ0n) is 15.5. The van der Waals surface area contributed by atoms with E-state index in [4.69, 9.17) is 4.74 Å². The molecule has 0 aromatic heterocycles. The number of halogens is 1. The monoisotopic (exact) mass is 457 g/mol. The third-order valence-electron chi connectivity index (χ3n) is 4.37. The highest BCUT2D eigenvalue weighted by Gasteiger charge is 2.05. The highest BCUT2D eigenvalue weighted by atomic mass is 127. The fourth-order valence-electron chi connectivity index (χ4n) is 2.96. The van der Waals surface area contributed by atoms with Gasteiger partial charge in [0.25, 0.3) is 0 Å². The lowest BCUT2D eigenvalue weighted by Gasteiger charge is -2.16. The van der Waals surface area contributed by atoms with E-state index >= 15 is 0 Å². The fourth-order valence-corrected chi connectivity index (χ4v) is 2.96. The summed E-state index contributed by atoms with van der Waals surface area (Å²) in [6, 6.07) is 8.39. The molecule has 1 aromatic carbocycles. The SMILES string of the molecule is CCOCc1ccccc1CNC(=NC)NCCC1=CCCCC1.I. The van der Waals surface area contributed by atoms with Crippen molar-refractivity contribution in [3.63, 3.8) is 0 Å². The molecule has 25 heavy (non-hydrogen) atoms. The van der Waals surface area contributed by atoms with Gasteiger partial charge in [-0.25, -0.2) is 0 Å². The van der Waals surface area contributed by atoms with Crippen LogP contribution in [0, 0.1) is 0 Å². The first-order valence-electron chi connectivity index (χ1n) is 9.10. The van der Waals surface area contributed by atoms with E-state index in [1.165, 1.54) is 36.8 Å². The summed E-state index contributed by atoms with van der Waals surface area (Å²) in [5.41, 5.74) is 4.07. The smallest absolute Gasteiger partial charge is 0.191 e. The second-order valence-electron chi connectivity index (χ2n) is 6.12. The van der Waals surface area contributed by atoms with E-state index < -0.39 is 0 Å². The van der Waals surface area contributed by atoms with Gasteiger partial charge >= 0.3 is 0 Å². The molecule has 1 aliphatic carbocycles. The van der Waals surface area contributed by atoms with Crippen LogP contribution in [0.5, 0.6) is 0 Å². The zero-order chi connectivity index (χ0) is 17.0. The van der Waals surface area contributed by atoms with Gasteiger partial charge in [0, 0.05) is 26.7 Å². The van der Waals surface area contributed by atoms with Crippen LogP contribution in [0.15, 0.2) is 40.9 Å². The number of guanidine groups is 1. The van der Waals surface area contributed by atoms with E-state index in [2.05, 4.69) is 46.0 Å². The van der Waals surface area contributed by atoms with Gasteiger partial charge in [-0.1, -0.05) is 35.9 Å². The second-order valence-corrected chi connectivity index (χ2v) is 6.12. The number of hydrogen-bond acceptors (Lipinski definition) is 2. The van der Waals surface area contributed by atoms with E-state index in [1.807, 2.05) is 14.0 Å². The van der Waals surface area contributed by atoms with Gasteiger partial charge in [-0.15, -0.1) is 24.0 Å². The first kappa shape index (κ1) is 22.0. The third-order valence-corrected chi connectivity index (χ3v) is 4.37. The first-order chi connectivity index (χ1) is 11.8. The molecular formula is C20H32IN3O. The van der Waals surface area contributed by atoms with Gasteiger partial charge in [0.15, 0.2) is 5.96 Å². The van der Waals surface area contributed by atoms with Crippen LogP contribution in [0.1, 0.15) is 50.2 Å². The molecular weight excluding hydrogens is 425 g/mol. The fraction of sp³-hybridized carbons (Fsp3) is 0.550. The summed E-state index contributed by atoms with van der Waals surface area (Å²) in [4.78, 5) is 4.32. The van der Waals surface area contributed by atoms with E-state index in [0.29, 0.717) is 6.61 Å². The van der Waals surface area contributed by atoms with Gasteiger partial charge in [-0.3, -0.25) is 4.99 Å². The summed E-state index contributed by atoms with van der Waals surface area (Å²) >= 11 is 0. The maximum atomic E-state index is 5.55. The van der Waals surface area contributed by atoms with Gasteiger partial charge < -0.3 is 15.4 Å². The number of nitrogens with zero attached hydrogens (tertiary/aromatic N) is 1. The van der Waals surface area contributed by atoms with Gasteiger partial charge in [0.2, 0.25) is 0 Å². The predicted octanol–water partition coefficient (Wildman–Crippen LogP) is 4.40. The van der Waals surface area contributed by atoms with Crippen molar-refractivity contribution >= 4 is 29.9 Å². The molecule has 0 spiro atoms. The molecule has 0 atom stereocenters. The quantitative estimate of drug-likeness (QED) is 0.263. The number of rotatable bonds is 8. The minimum absolute atomic E-state index is 0. The Morgan fingerprint density at radius 2 is 1.96 bits per heavy atom. The third kappa shape index (κ3) is 8.23. The number of nitrogens with one attached hydrogen (secondary N) is 2. The Morgan fingerprint density at radius 1 is 1.16 bits per heavy atom. The van der Waals surface area contributed by atoms with Crippen molar-refractivity contribution < 1.29 is 4.74 Å². The number of aliphatic imine (C=N–C) groups is 1. The second kappa shape index (κ2) is 13.2. The largest absolute Gasteiger partial charge is 0.377 e. The van der Waals surface area contributed by atoms with Crippen molar-refractivity contribution in [1.82, 2.24) is 10.6 Å². The summed E-state index contributed by atoms with van der Waals surface area (Å²) < 4.78 is 5.55. The minimum atomic E-state index is 0. The molecule has 0 saturated heterocycles. The molecule has 0 aliphatic heterocycles. The standard InChI is InChI=1S/C20H31N3O.HI/c1-3-24-16-19-12-8-7-11-18(19)15-23-20(21-2)22-14-13-17-9-5-4-6-10-17;/h7-9,11-12H,3-6,10,13-16H2,1-2H3,(H2,21,22,23);1H. The van der Waals surface area contributed by atoms with E-state index in [-0.39, 0.29) is 24.0 Å². The van der Waals surface area contributed by atoms with Gasteiger partial charge in [0.05, 0.1) is 6.61 Å². The number of allylic oxidation sites excluding steroid dienone is 1. The van der Waals surface area contributed by atoms with Crippen LogP contribution in [-0.4, -0.2) is 26.2 Å². The molecule has 140 valence electrons. The van der Waals surface area contributed by atoms with Crippen molar-refractivity contribution in [2.24, 2.45) is 4.99 Å². The Kier molecular flexibility index (Phi) is 11.6. The van der Waals surface area contributed by atoms with Crippen LogP contribution in [0.2, 0.25) is 0 Å². The summed E-state index contributed by atoms with van der Waals surface area (Å²) in [5.74, 6) is 0.859. The Bertz CT molecular complexity index is 558. The molecule has 0 fully saturated rings. The topological polar surface area (TPSA) is 45.6 Å². The van der Waals surface area contributed by atoms with Crippen molar-refractivity contribution in [1.29, 1.82) is 0 Å². The average molecular weight is 457 g/mol.